The van der Waals surface area contributed by atoms with Gasteiger partial charge in [-0.2, -0.15) is 0 Å². The van der Waals surface area contributed by atoms with E-state index in [2.05, 4.69) is 0 Å². The van der Waals surface area contributed by atoms with Crippen LogP contribution >= 0.6 is 0 Å². The van der Waals surface area contributed by atoms with Gasteiger partial charge in [0.25, 0.3) is 0 Å². The summed E-state index contributed by atoms with van der Waals surface area (Å²) in [5.41, 5.74) is -2.39. The predicted octanol–water partition coefficient (Wildman–Crippen LogP) is 0.794. The Bertz CT molecular complexity index is 70.1. The summed E-state index contributed by atoms with van der Waals surface area (Å²) in [6.07, 6.45) is 0.899. The molecule has 0 aromatic carbocycles. The number of rotatable bonds is 2. The molecule has 0 saturated heterocycles. The van der Waals surface area contributed by atoms with Crippen LogP contribution in [0.15, 0.2) is 0 Å². The molecule has 0 unspecified atom stereocenters. The fraction of sp³-hybridized carbons (Fsp3) is 0.750. The van der Waals surface area contributed by atoms with Crippen molar-refractivity contribution in [3.8, 4) is 0 Å². The van der Waals surface area contributed by atoms with E-state index in [0.29, 0.717) is 0 Å². The van der Waals surface area contributed by atoms with Crippen molar-refractivity contribution in [2.75, 3.05) is 6.67 Å². The first kappa shape index (κ1) is 6.53. The Morgan fingerprint density at radius 2 is 2.29 bits per heavy atom. The Morgan fingerprint density at radius 1 is 1.86 bits per heavy atom. The van der Waals surface area contributed by atoms with E-state index in [1.54, 1.807) is 0 Å². The van der Waals surface area contributed by atoms with Crippen molar-refractivity contribution in [3.05, 3.63) is 0 Å². The van der Waals surface area contributed by atoms with Crippen LogP contribution in [-0.2, 0) is 4.79 Å². The van der Waals surface area contributed by atoms with Crippen LogP contribution in [0.25, 0.3) is 0 Å². The number of carbonyl (C=O) groups excluding carboxylic acids is 1. The third-order valence-corrected chi connectivity index (χ3v) is 0.464. The van der Waals surface area contributed by atoms with Crippen molar-refractivity contribution >= 4 is 6.29 Å². The minimum atomic E-state index is -2.39. The normalized spacial score (nSPS) is 18.1. The summed E-state index contributed by atoms with van der Waals surface area (Å²) >= 11 is 0. The zero-order chi connectivity index (χ0) is 5.91. The summed E-state index contributed by atoms with van der Waals surface area (Å²) in [5.74, 6) is 0. The van der Waals surface area contributed by atoms with Crippen LogP contribution in [0.2, 0.25) is 0 Å². The lowest BCUT2D eigenvalue weighted by molar-refractivity contribution is 0.212. The predicted molar refractivity (Wildman–Crippen MR) is 21.2 cm³/mol. The van der Waals surface area contributed by atoms with Crippen molar-refractivity contribution < 1.29 is 13.6 Å². The molecule has 1 atom stereocenters. The summed E-state index contributed by atoms with van der Waals surface area (Å²) in [6, 6.07) is 0. The third-order valence-electron chi connectivity index (χ3n) is 0.464. The Morgan fingerprint density at radius 3 is 2.29 bits per heavy atom. The first-order valence-corrected chi connectivity index (χ1v) is 1.76. The lowest BCUT2D eigenvalue weighted by atomic mass is 10.2. The average Bonchev–Trinajstić information content (AvgIpc) is 1.68. The van der Waals surface area contributed by atoms with Gasteiger partial charge >= 0.3 is 0 Å². The molecular formula is C4H5F2O. The van der Waals surface area contributed by atoms with E-state index in [0.717, 1.165) is 13.2 Å². The average molecular weight is 107 g/mol. The first-order chi connectivity index (χ1) is 3.12. The van der Waals surface area contributed by atoms with Crippen LogP contribution in [0.3, 0.4) is 0 Å². The van der Waals surface area contributed by atoms with Crippen molar-refractivity contribution in [1.29, 1.82) is 0 Å². The van der Waals surface area contributed by atoms with E-state index in [9.17, 15) is 13.6 Å². The van der Waals surface area contributed by atoms with Gasteiger partial charge < -0.3 is 0 Å². The molecule has 0 fully saturated rings. The van der Waals surface area contributed by atoms with E-state index >= 15 is 0 Å². The van der Waals surface area contributed by atoms with E-state index in [1.807, 2.05) is 0 Å². The van der Waals surface area contributed by atoms with Crippen molar-refractivity contribution in [1.82, 2.24) is 0 Å². The standard InChI is InChI=1S/C4H5F2O/c1-4(6,2-5)3-7/h2H2,1H3/t4-/m1/s1. The molecule has 0 rings (SSSR count). The highest BCUT2D eigenvalue weighted by atomic mass is 19.2. The number of halogens is 2. The molecule has 7 heavy (non-hydrogen) atoms. The van der Waals surface area contributed by atoms with Crippen LogP contribution < -0.4 is 0 Å². The number of hydrogen-bond acceptors (Lipinski definition) is 1. The minimum Gasteiger partial charge on any atom is -0.287 e. The number of hydrogen-bond donors (Lipinski definition) is 0. The summed E-state index contributed by atoms with van der Waals surface area (Å²) in [5, 5.41) is 0. The maximum absolute atomic E-state index is 11.8. The largest absolute Gasteiger partial charge is 0.287 e. The zero-order valence-electron chi connectivity index (χ0n) is 3.87. The molecule has 0 aliphatic carbocycles. The van der Waals surface area contributed by atoms with Gasteiger partial charge in [-0.15, -0.1) is 0 Å². The van der Waals surface area contributed by atoms with Crippen molar-refractivity contribution in [2.24, 2.45) is 0 Å². The molecule has 0 aliphatic rings. The molecule has 0 saturated carbocycles. The molecule has 0 N–H and O–H groups in total. The molecule has 0 aromatic rings. The van der Waals surface area contributed by atoms with E-state index < -0.39 is 12.3 Å². The topological polar surface area (TPSA) is 17.1 Å². The Labute approximate surface area is 40.3 Å². The molecule has 3 heteroatoms. The summed E-state index contributed by atoms with van der Waals surface area (Å²) in [4.78, 5) is 9.32. The van der Waals surface area contributed by atoms with Gasteiger partial charge in [0.1, 0.15) is 6.67 Å². The maximum atomic E-state index is 11.8. The fourth-order valence-corrected chi connectivity index (χ4v) is 0.0273. The zero-order valence-corrected chi connectivity index (χ0v) is 3.87. The fourth-order valence-electron chi connectivity index (χ4n) is 0.0273. The molecule has 0 aliphatic heterocycles. The van der Waals surface area contributed by atoms with Crippen LogP contribution in [0, 0.1) is 0 Å². The van der Waals surface area contributed by atoms with Crippen LogP contribution in [0.1, 0.15) is 6.92 Å². The third kappa shape index (κ3) is 2.25. The summed E-state index contributed by atoms with van der Waals surface area (Å²) in [6.45, 7) is -0.462. The minimum absolute atomic E-state index is 0.833. The van der Waals surface area contributed by atoms with Gasteiger partial charge in [-0.25, -0.2) is 8.78 Å². The van der Waals surface area contributed by atoms with E-state index in [4.69, 9.17) is 0 Å². The van der Waals surface area contributed by atoms with Gasteiger partial charge in [0.15, 0.2) is 0 Å². The van der Waals surface area contributed by atoms with Gasteiger partial charge in [0, 0.05) is 0 Å². The second-order valence-electron chi connectivity index (χ2n) is 1.43. The van der Waals surface area contributed by atoms with E-state index in [1.165, 1.54) is 0 Å². The lowest BCUT2D eigenvalue weighted by Gasteiger charge is -2.01. The van der Waals surface area contributed by atoms with Crippen LogP contribution in [0.5, 0.6) is 0 Å². The van der Waals surface area contributed by atoms with E-state index in [-0.39, 0.29) is 0 Å². The van der Waals surface area contributed by atoms with Crippen molar-refractivity contribution in [2.45, 2.75) is 12.6 Å². The molecule has 0 aromatic heterocycles. The molecule has 0 amide bonds. The highest BCUT2D eigenvalue weighted by molar-refractivity contribution is 5.62. The highest BCUT2D eigenvalue weighted by Crippen LogP contribution is 2.04. The Kier molecular flexibility index (Phi) is 1.87. The van der Waals surface area contributed by atoms with Crippen LogP contribution in [-0.4, -0.2) is 18.6 Å². The quantitative estimate of drug-likeness (QED) is 0.510. The first-order valence-electron chi connectivity index (χ1n) is 1.76. The van der Waals surface area contributed by atoms with Gasteiger partial charge in [-0.3, -0.25) is 4.79 Å². The Balaban J connectivity index is 3.58. The molecule has 0 spiro atoms. The molecule has 41 valence electrons. The molecule has 0 heterocycles. The summed E-state index contributed by atoms with van der Waals surface area (Å²) in [7, 11) is 0. The lowest BCUT2D eigenvalue weighted by Crippen LogP contribution is -2.21. The molecule has 1 nitrogen and oxygen atoms in total. The van der Waals surface area contributed by atoms with Crippen LogP contribution in [0.4, 0.5) is 8.78 Å². The smallest absolute Gasteiger partial charge is 0.241 e. The maximum Gasteiger partial charge on any atom is 0.241 e. The SMILES string of the molecule is C[C@](F)([C]=O)CF. The number of alkyl halides is 2. The molecule has 1 radical (unpaired) electrons. The van der Waals surface area contributed by atoms with Gasteiger partial charge in [-0.1, -0.05) is 0 Å². The second-order valence-corrected chi connectivity index (χ2v) is 1.43. The van der Waals surface area contributed by atoms with Gasteiger partial charge in [-0.05, 0) is 6.92 Å². The van der Waals surface area contributed by atoms with Gasteiger partial charge in [0.05, 0.1) is 0 Å². The highest BCUT2D eigenvalue weighted by Gasteiger charge is 2.22. The molecular weight excluding hydrogens is 102 g/mol. The molecule has 0 bridgehead atoms. The van der Waals surface area contributed by atoms with Crippen molar-refractivity contribution in [3.63, 3.8) is 0 Å². The monoisotopic (exact) mass is 107 g/mol. The second kappa shape index (κ2) is 2.00. The summed E-state index contributed by atoms with van der Waals surface area (Å²) < 4.78 is 22.9. The van der Waals surface area contributed by atoms with Gasteiger partial charge in [0.2, 0.25) is 12.0 Å². The Hall–Kier alpha value is -0.470.